The summed E-state index contributed by atoms with van der Waals surface area (Å²) in [6.45, 7) is 0.0823. The van der Waals surface area contributed by atoms with Crippen molar-refractivity contribution in [3.63, 3.8) is 0 Å². The lowest BCUT2D eigenvalue weighted by molar-refractivity contribution is -0.368. The van der Waals surface area contributed by atoms with E-state index in [2.05, 4.69) is 22.1 Å². The summed E-state index contributed by atoms with van der Waals surface area (Å²) in [6, 6.07) is 4.37. The molecule has 150 valence electrons. The van der Waals surface area contributed by atoms with Crippen LogP contribution >= 0.6 is 0 Å². The number of rotatable bonds is 2. The number of H-pyrrole nitrogens is 1. The minimum absolute atomic E-state index is 0.00106. The molecule has 1 saturated carbocycles. The Hall–Kier alpha value is -3.48. The summed E-state index contributed by atoms with van der Waals surface area (Å²) in [5.74, 6) is 5.04. The van der Waals surface area contributed by atoms with Crippen LogP contribution in [-0.4, -0.2) is 16.8 Å². The van der Waals surface area contributed by atoms with Gasteiger partial charge in [-0.25, -0.2) is 9.36 Å². The molecule has 7 nitrogen and oxygen atoms in total. The van der Waals surface area contributed by atoms with Crippen LogP contribution in [0.2, 0.25) is 0 Å². The highest BCUT2D eigenvalue weighted by Crippen LogP contribution is 2.44. The summed E-state index contributed by atoms with van der Waals surface area (Å²) in [5, 5.41) is 4.38. The molecule has 1 aromatic heterocycles. The molecule has 5 N–H and O–H groups in total. The normalized spacial score (nSPS) is 20.7. The summed E-state index contributed by atoms with van der Waals surface area (Å²) >= 11 is 0. The fourth-order valence-corrected chi connectivity index (χ4v) is 3.14. The molecule has 2 amide bonds. The molecule has 0 spiro atoms. The molecule has 0 saturated heterocycles. The van der Waals surface area contributed by atoms with Gasteiger partial charge in [-0.3, -0.25) is 9.78 Å². The van der Waals surface area contributed by atoms with E-state index in [1.165, 1.54) is 35.2 Å². The minimum Gasteiger partial charge on any atom is -0.319 e. The number of amides is 2. The zero-order chi connectivity index (χ0) is 20.8. The molecule has 2 aliphatic rings. The number of benzene rings is 1. The fraction of sp³-hybridized carbons (Fsp3) is 0.316. The lowest BCUT2D eigenvalue weighted by Gasteiger charge is -2.37. The smallest absolute Gasteiger partial charge is 0.319 e. The van der Waals surface area contributed by atoms with Gasteiger partial charge in [-0.1, -0.05) is 24.0 Å². The topological polar surface area (TPSA) is 103 Å². The van der Waals surface area contributed by atoms with Crippen molar-refractivity contribution >= 4 is 17.5 Å². The van der Waals surface area contributed by atoms with Crippen molar-refractivity contribution in [3.8, 4) is 11.8 Å². The maximum absolute atomic E-state index is 14.1. The highest BCUT2D eigenvalue weighted by Gasteiger charge is 2.59. The number of anilines is 2. The van der Waals surface area contributed by atoms with Gasteiger partial charge in [-0.05, 0) is 24.5 Å². The van der Waals surface area contributed by atoms with Gasteiger partial charge in [0.25, 0.3) is 0 Å². The van der Waals surface area contributed by atoms with Crippen LogP contribution in [0.3, 0.4) is 0 Å². The van der Waals surface area contributed by atoms with E-state index < -0.39 is 17.7 Å². The van der Waals surface area contributed by atoms with E-state index >= 15 is 0 Å². The van der Waals surface area contributed by atoms with Crippen molar-refractivity contribution in [2.75, 3.05) is 11.1 Å². The number of hydrogen-bond acceptors (Lipinski definition) is 3. The number of nitrogens with zero attached hydrogens (tertiary/aromatic N) is 1. The van der Waals surface area contributed by atoms with E-state index in [1.807, 2.05) is 5.32 Å². The quantitative estimate of drug-likeness (QED) is 0.663. The number of nitrogen functional groups attached to an aromatic ring is 1. The van der Waals surface area contributed by atoms with Crippen LogP contribution in [0.4, 0.5) is 29.5 Å². The minimum atomic E-state index is -4.81. The van der Waals surface area contributed by atoms with Gasteiger partial charge in [0, 0.05) is 17.2 Å². The summed E-state index contributed by atoms with van der Waals surface area (Å²) in [4.78, 5) is 26.7. The molecule has 1 atom stereocenters. The van der Waals surface area contributed by atoms with Crippen molar-refractivity contribution in [3.05, 3.63) is 52.1 Å². The lowest BCUT2D eigenvalue weighted by Crippen LogP contribution is -2.59. The molecule has 1 aromatic carbocycles. The van der Waals surface area contributed by atoms with Gasteiger partial charge in [-0.15, -0.1) is 0 Å². The number of carbonyl (C=O) groups is 1. The van der Waals surface area contributed by atoms with Crippen molar-refractivity contribution in [2.24, 2.45) is 5.92 Å². The molecule has 0 radical (unpaired) electrons. The van der Waals surface area contributed by atoms with Gasteiger partial charge in [0.1, 0.15) is 0 Å². The van der Waals surface area contributed by atoms with E-state index in [1.54, 1.807) is 0 Å². The molecule has 1 unspecified atom stereocenters. The number of nitrogens with one attached hydrogen (secondary N) is 3. The molecular formula is C19H17F3N5O2+. The Morgan fingerprint density at radius 2 is 2.03 bits per heavy atom. The Balaban J connectivity index is 1.77. The van der Waals surface area contributed by atoms with Crippen molar-refractivity contribution < 1.29 is 22.9 Å². The number of alkyl halides is 3. The fourth-order valence-electron chi connectivity index (χ4n) is 3.14. The standard InChI is InChI=1S/C19H16F3N5O2/c20-19(21,22)18(6-5-11-1-2-11)13-4-3-12(7-14(13)25-17(29)26-18)9-27-10-24-15(23)8-16(27)28/h3-4,7-8,10-11H,1-2,9,23H2,(H2,25,26,29)/p+1. The summed E-state index contributed by atoms with van der Waals surface area (Å²) in [7, 11) is 0. The second kappa shape index (κ2) is 6.55. The molecule has 0 bridgehead atoms. The second-order valence-electron chi connectivity index (χ2n) is 7.09. The van der Waals surface area contributed by atoms with Crippen LogP contribution in [-0.2, 0) is 12.1 Å². The molecule has 29 heavy (non-hydrogen) atoms. The van der Waals surface area contributed by atoms with Crippen LogP contribution < -0.4 is 26.9 Å². The van der Waals surface area contributed by atoms with E-state index in [0.717, 1.165) is 12.8 Å². The molecule has 1 aliphatic heterocycles. The van der Waals surface area contributed by atoms with Crippen molar-refractivity contribution in [1.82, 2.24) is 9.88 Å². The van der Waals surface area contributed by atoms with Crippen LogP contribution in [0.5, 0.6) is 0 Å². The van der Waals surface area contributed by atoms with Gasteiger partial charge in [0.05, 0.1) is 12.6 Å². The maximum atomic E-state index is 14.1. The van der Waals surface area contributed by atoms with E-state index in [-0.39, 0.29) is 35.1 Å². The summed E-state index contributed by atoms with van der Waals surface area (Å²) in [6.07, 6.45) is -1.93. The van der Waals surface area contributed by atoms with E-state index in [4.69, 9.17) is 5.73 Å². The first-order valence-corrected chi connectivity index (χ1v) is 8.87. The Morgan fingerprint density at radius 1 is 1.28 bits per heavy atom. The van der Waals surface area contributed by atoms with Crippen LogP contribution in [0.15, 0.2) is 35.4 Å². The van der Waals surface area contributed by atoms with Gasteiger partial charge in [0.15, 0.2) is 6.33 Å². The molecule has 4 rings (SSSR count). The van der Waals surface area contributed by atoms with E-state index in [0.29, 0.717) is 5.56 Å². The van der Waals surface area contributed by atoms with Crippen molar-refractivity contribution in [2.45, 2.75) is 31.1 Å². The molecule has 2 heterocycles. The molecule has 10 heteroatoms. The molecule has 1 fully saturated rings. The number of carbonyl (C=O) groups excluding carboxylic acids is 1. The highest BCUT2D eigenvalue weighted by molar-refractivity contribution is 5.95. The van der Waals surface area contributed by atoms with Crippen molar-refractivity contribution in [1.29, 1.82) is 0 Å². The number of aromatic amines is 1. The Kier molecular flexibility index (Phi) is 4.26. The lowest BCUT2D eigenvalue weighted by atomic mass is 9.85. The van der Waals surface area contributed by atoms with Crippen LogP contribution in [0.1, 0.15) is 24.0 Å². The molecule has 1 aliphatic carbocycles. The van der Waals surface area contributed by atoms with Gasteiger partial charge in [0.2, 0.25) is 11.4 Å². The zero-order valence-corrected chi connectivity index (χ0v) is 15.1. The monoisotopic (exact) mass is 404 g/mol. The first-order chi connectivity index (χ1) is 13.7. The second-order valence-corrected chi connectivity index (χ2v) is 7.09. The number of aromatic nitrogens is 2. The Labute approximate surface area is 163 Å². The first-order valence-electron chi connectivity index (χ1n) is 8.87. The number of fused-ring (bicyclic) bond motifs is 1. The SMILES string of the molecule is Nc1cc(=O)n(Cc2ccc3c(c2)NC(=O)NC3(C#CC2CC2)C(F)(F)F)c[nH+]1. The molecule has 2 aromatic rings. The van der Waals surface area contributed by atoms with Gasteiger partial charge >= 0.3 is 17.8 Å². The Bertz CT molecular complexity index is 1110. The predicted molar refractivity (Wildman–Crippen MR) is 97.6 cm³/mol. The summed E-state index contributed by atoms with van der Waals surface area (Å²) < 4.78 is 43.5. The maximum Gasteiger partial charge on any atom is 0.427 e. The third-order valence-electron chi connectivity index (χ3n) is 4.81. The van der Waals surface area contributed by atoms with E-state index in [9.17, 15) is 22.8 Å². The summed E-state index contributed by atoms with van der Waals surface area (Å²) in [5.41, 5.74) is 2.70. The zero-order valence-electron chi connectivity index (χ0n) is 15.1. The van der Waals surface area contributed by atoms with Crippen LogP contribution in [0, 0.1) is 17.8 Å². The number of hydrogen-bond donors (Lipinski definition) is 3. The third-order valence-corrected chi connectivity index (χ3v) is 4.81. The van der Waals surface area contributed by atoms with Crippen LogP contribution in [0.25, 0.3) is 0 Å². The van der Waals surface area contributed by atoms with Gasteiger partial charge in [-0.2, -0.15) is 13.2 Å². The highest BCUT2D eigenvalue weighted by atomic mass is 19.4. The number of urea groups is 1. The average Bonchev–Trinajstić information content (AvgIpc) is 3.45. The average molecular weight is 404 g/mol. The number of halogens is 3. The number of nitrogens with two attached hydrogens (primary N) is 1. The first kappa shape index (κ1) is 18.9. The third kappa shape index (κ3) is 3.51. The van der Waals surface area contributed by atoms with Gasteiger partial charge < -0.3 is 16.4 Å². The molecular weight excluding hydrogens is 387 g/mol. The largest absolute Gasteiger partial charge is 0.427 e. The predicted octanol–water partition coefficient (Wildman–Crippen LogP) is 1.60. The Morgan fingerprint density at radius 3 is 2.69 bits per heavy atom.